The molecule has 0 aliphatic rings. The van der Waals surface area contributed by atoms with Gasteiger partial charge < -0.3 is 9.88 Å². The molecular formula is C24H19F2N5S. The number of fused-ring (bicyclic) bond motifs is 1. The number of benzene rings is 2. The van der Waals surface area contributed by atoms with Gasteiger partial charge in [0.15, 0.2) is 5.13 Å². The van der Waals surface area contributed by atoms with Crippen LogP contribution in [0.2, 0.25) is 0 Å². The smallest absolute Gasteiger partial charge is 0.263 e. The molecule has 0 atom stereocenters. The van der Waals surface area contributed by atoms with Gasteiger partial charge in [0.25, 0.3) is 6.43 Å². The minimum atomic E-state index is -2.48. The lowest BCUT2D eigenvalue weighted by molar-refractivity contribution is 0.151. The van der Waals surface area contributed by atoms with E-state index in [4.69, 9.17) is 4.98 Å². The molecule has 0 saturated carbocycles. The van der Waals surface area contributed by atoms with Crippen LogP contribution in [-0.4, -0.2) is 19.5 Å². The van der Waals surface area contributed by atoms with Crippen LogP contribution in [0, 0.1) is 6.92 Å². The molecular weight excluding hydrogens is 428 g/mol. The molecule has 3 aromatic heterocycles. The van der Waals surface area contributed by atoms with Gasteiger partial charge in [0, 0.05) is 47.2 Å². The Morgan fingerprint density at radius 1 is 1.03 bits per heavy atom. The molecule has 8 heteroatoms. The fraction of sp³-hybridized carbons (Fsp3) is 0.125. The van der Waals surface area contributed by atoms with E-state index in [1.165, 1.54) is 23.5 Å². The van der Waals surface area contributed by atoms with Crippen LogP contribution in [-0.2, 0) is 7.05 Å². The number of rotatable bonds is 5. The molecule has 0 spiro atoms. The summed E-state index contributed by atoms with van der Waals surface area (Å²) in [5.74, 6) is 0.727. The first-order chi connectivity index (χ1) is 15.5. The Kier molecular flexibility index (Phi) is 5.14. The second kappa shape index (κ2) is 8.12. The SMILES string of the molecule is Cc1cc2c(cc1Nc1nc(-c3cccnc3)cs1)nc(-c1ccc(C(F)F)cc1)n2C. The summed E-state index contributed by atoms with van der Waals surface area (Å²) in [6, 6.07) is 14.2. The van der Waals surface area contributed by atoms with Gasteiger partial charge in [0.05, 0.1) is 16.7 Å². The highest BCUT2D eigenvalue weighted by Crippen LogP contribution is 2.32. The minimum Gasteiger partial charge on any atom is -0.331 e. The molecule has 0 saturated heterocycles. The summed E-state index contributed by atoms with van der Waals surface area (Å²) in [7, 11) is 1.93. The molecule has 0 aliphatic heterocycles. The highest BCUT2D eigenvalue weighted by Gasteiger charge is 2.14. The monoisotopic (exact) mass is 447 g/mol. The van der Waals surface area contributed by atoms with Gasteiger partial charge in [0.2, 0.25) is 0 Å². The molecule has 0 unspecified atom stereocenters. The van der Waals surface area contributed by atoms with Crippen LogP contribution in [0.25, 0.3) is 33.7 Å². The van der Waals surface area contributed by atoms with Gasteiger partial charge in [-0.05, 0) is 36.8 Å². The number of pyridine rings is 1. The van der Waals surface area contributed by atoms with E-state index in [0.717, 1.165) is 50.1 Å². The normalized spacial score (nSPS) is 11.4. The third-order valence-electron chi connectivity index (χ3n) is 5.35. The summed E-state index contributed by atoms with van der Waals surface area (Å²) in [6.07, 6.45) is 1.05. The Morgan fingerprint density at radius 3 is 2.56 bits per heavy atom. The topological polar surface area (TPSA) is 55.6 Å². The molecule has 160 valence electrons. The Bertz CT molecular complexity index is 1390. The van der Waals surface area contributed by atoms with E-state index < -0.39 is 6.43 Å². The van der Waals surface area contributed by atoms with Crippen LogP contribution in [0.1, 0.15) is 17.6 Å². The van der Waals surface area contributed by atoms with Crippen molar-refractivity contribution >= 4 is 33.2 Å². The number of hydrogen-bond donors (Lipinski definition) is 1. The summed E-state index contributed by atoms with van der Waals surface area (Å²) in [4.78, 5) is 13.6. The zero-order chi connectivity index (χ0) is 22.2. The fourth-order valence-corrected chi connectivity index (χ4v) is 4.34. The number of imidazole rings is 1. The maximum absolute atomic E-state index is 12.9. The molecule has 5 nitrogen and oxygen atoms in total. The van der Waals surface area contributed by atoms with E-state index in [2.05, 4.69) is 21.4 Å². The molecule has 5 aromatic rings. The zero-order valence-corrected chi connectivity index (χ0v) is 18.2. The summed E-state index contributed by atoms with van der Waals surface area (Å²) >= 11 is 1.53. The molecule has 0 radical (unpaired) electrons. The van der Waals surface area contributed by atoms with E-state index >= 15 is 0 Å². The number of nitrogens with one attached hydrogen (secondary N) is 1. The third-order valence-corrected chi connectivity index (χ3v) is 6.11. The molecule has 5 rings (SSSR count). The molecule has 0 bridgehead atoms. The summed E-state index contributed by atoms with van der Waals surface area (Å²) < 4.78 is 27.7. The van der Waals surface area contributed by atoms with Crippen molar-refractivity contribution in [2.45, 2.75) is 13.3 Å². The van der Waals surface area contributed by atoms with E-state index in [1.54, 1.807) is 24.5 Å². The Hall–Kier alpha value is -3.65. The van der Waals surface area contributed by atoms with E-state index in [1.807, 2.05) is 42.1 Å². The molecule has 0 aliphatic carbocycles. The highest BCUT2D eigenvalue weighted by molar-refractivity contribution is 7.14. The first-order valence-corrected chi connectivity index (χ1v) is 10.9. The van der Waals surface area contributed by atoms with Gasteiger partial charge in [0.1, 0.15) is 5.82 Å². The lowest BCUT2D eigenvalue weighted by Gasteiger charge is -2.08. The molecule has 32 heavy (non-hydrogen) atoms. The number of hydrogen-bond acceptors (Lipinski definition) is 5. The lowest BCUT2D eigenvalue weighted by atomic mass is 10.1. The van der Waals surface area contributed by atoms with E-state index in [9.17, 15) is 8.78 Å². The van der Waals surface area contributed by atoms with Gasteiger partial charge in [-0.25, -0.2) is 18.7 Å². The number of nitrogens with zero attached hydrogens (tertiary/aromatic N) is 4. The maximum atomic E-state index is 12.9. The Labute approximate surface area is 187 Å². The highest BCUT2D eigenvalue weighted by atomic mass is 32.1. The second-order valence-electron chi connectivity index (χ2n) is 7.48. The number of thiazole rings is 1. The second-order valence-corrected chi connectivity index (χ2v) is 8.34. The molecule has 0 amide bonds. The van der Waals surface area contributed by atoms with Crippen molar-refractivity contribution in [3.63, 3.8) is 0 Å². The number of aromatic nitrogens is 4. The predicted octanol–water partition coefficient (Wildman–Crippen LogP) is 6.75. The summed E-state index contributed by atoms with van der Waals surface area (Å²) in [6.45, 7) is 2.03. The maximum Gasteiger partial charge on any atom is 0.263 e. The van der Waals surface area contributed by atoms with Crippen LogP contribution < -0.4 is 5.32 Å². The van der Waals surface area contributed by atoms with Crippen LogP contribution >= 0.6 is 11.3 Å². The number of halogens is 2. The van der Waals surface area contributed by atoms with Crippen molar-refractivity contribution < 1.29 is 8.78 Å². The van der Waals surface area contributed by atoms with Crippen molar-refractivity contribution in [2.24, 2.45) is 7.05 Å². The van der Waals surface area contributed by atoms with Crippen LogP contribution in [0.15, 0.2) is 66.3 Å². The molecule has 1 N–H and O–H groups in total. The lowest BCUT2D eigenvalue weighted by Crippen LogP contribution is -1.95. The Balaban J connectivity index is 1.47. The van der Waals surface area contributed by atoms with Gasteiger partial charge in [-0.15, -0.1) is 11.3 Å². The number of alkyl halides is 2. The third kappa shape index (κ3) is 3.73. The quantitative estimate of drug-likeness (QED) is 0.324. The summed E-state index contributed by atoms with van der Waals surface area (Å²) in [5.41, 5.74) is 6.40. The molecule has 3 heterocycles. The standard InChI is InChI=1S/C24H19F2N5S/c1-14-10-21-19(28-23(31(21)2)16-7-5-15(6-8-16)22(25)26)11-18(14)29-24-30-20(13-32-24)17-4-3-9-27-12-17/h3-13,22H,1-2H3,(H,29,30). The fourth-order valence-electron chi connectivity index (χ4n) is 3.61. The average molecular weight is 448 g/mol. The largest absolute Gasteiger partial charge is 0.331 e. The van der Waals surface area contributed by atoms with Crippen molar-refractivity contribution in [2.75, 3.05) is 5.32 Å². The zero-order valence-electron chi connectivity index (χ0n) is 17.4. The van der Waals surface area contributed by atoms with Crippen molar-refractivity contribution in [3.05, 3.63) is 77.4 Å². The predicted molar refractivity (Wildman–Crippen MR) is 124 cm³/mol. The molecule has 0 fully saturated rings. The first kappa shape index (κ1) is 20.3. The van der Waals surface area contributed by atoms with Gasteiger partial charge in [-0.3, -0.25) is 4.98 Å². The van der Waals surface area contributed by atoms with Gasteiger partial charge in [-0.2, -0.15) is 0 Å². The van der Waals surface area contributed by atoms with Crippen LogP contribution in [0.3, 0.4) is 0 Å². The summed E-state index contributed by atoms with van der Waals surface area (Å²) in [5, 5.41) is 6.17. The van der Waals surface area contributed by atoms with Gasteiger partial charge >= 0.3 is 0 Å². The van der Waals surface area contributed by atoms with Crippen molar-refractivity contribution in [1.82, 2.24) is 19.5 Å². The number of anilines is 2. The van der Waals surface area contributed by atoms with E-state index in [0.29, 0.717) is 0 Å². The van der Waals surface area contributed by atoms with Crippen LogP contribution in [0.5, 0.6) is 0 Å². The average Bonchev–Trinajstić information content (AvgIpc) is 3.40. The van der Waals surface area contributed by atoms with Crippen LogP contribution in [0.4, 0.5) is 19.6 Å². The number of aryl methyl sites for hydroxylation is 2. The van der Waals surface area contributed by atoms with Crippen molar-refractivity contribution in [1.29, 1.82) is 0 Å². The first-order valence-electron chi connectivity index (χ1n) is 9.98. The molecule has 2 aromatic carbocycles. The van der Waals surface area contributed by atoms with Crippen molar-refractivity contribution in [3.8, 4) is 22.6 Å². The Morgan fingerprint density at radius 2 is 1.84 bits per heavy atom. The van der Waals surface area contributed by atoms with E-state index in [-0.39, 0.29) is 5.56 Å². The van der Waals surface area contributed by atoms with Gasteiger partial charge in [-0.1, -0.05) is 24.3 Å². The minimum absolute atomic E-state index is 0.00365.